The first-order valence-electron chi connectivity index (χ1n) is 6.68. The van der Waals surface area contributed by atoms with E-state index in [1.165, 1.54) is 0 Å². The van der Waals surface area contributed by atoms with E-state index < -0.39 is 29.6 Å². The Labute approximate surface area is 129 Å². The Bertz CT molecular complexity index is 595. The lowest BCUT2D eigenvalue weighted by atomic mass is 10.0. The van der Waals surface area contributed by atoms with Crippen LogP contribution in [-0.4, -0.2) is 23.9 Å². The van der Waals surface area contributed by atoms with Crippen LogP contribution >= 0.6 is 15.9 Å². The van der Waals surface area contributed by atoms with E-state index in [9.17, 15) is 18.4 Å². The SMILES string of the molecule is CCC1NC(=O)C(CC)N(c2cc(F)c(Br)cc2F)C1=O. The summed E-state index contributed by atoms with van der Waals surface area (Å²) in [6.45, 7) is 3.45. The van der Waals surface area contributed by atoms with Gasteiger partial charge >= 0.3 is 0 Å². The largest absolute Gasteiger partial charge is 0.342 e. The van der Waals surface area contributed by atoms with Crippen molar-refractivity contribution in [1.29, 1.82) is 0 Å². The minimum atomic E-state index is -0.838. The molecule has 114 valence electrons. The quantitative estimate of drug-likeness (QED) is 0.842. The van der Waals surface area contributed by atoms with Crippen molar-refractivity contribution in [2.24, 2.45) is 0 Å². The molecular weight excluding hydrogens is 346 g/mol. The van der Waals surface area contributed by atoms with Crippen molar-refractivity contribution in [3.8, 4) is 0 Å². The predicted octanol–water partition coefficient (Wildman–Crippen LogP) is 2.75. The number of piperazine rings is 1. The van der Waals surface area contributed by atoms with Crippen molar-refractivity contribution in [2.45, 2.75) is 38.8 Å². The Morgan fingerprint density at radius 1 is 1.19 bits per heavy atom. The molecule has 1 N–H and O–H groups in total. The summed E-state index contributed by atoms with van der Waals surface area (Å²) in [6, 6.07) is 0.338. The second-order valence-corrected chi connectivity index (χ2v) is 5.67. The van der Waals surface area contributed by atoms with Gasteiger partial charge in [0.15, 0.2) is 0 Å². The maximum Gasteiger partial charge on any atom is 0.250 e. The van der Waals surface area contributed by atoms with Crippen LogP contribution in [-0.2, 0) is 9.59 Å². The molecule has 1 fully saturated rings. The van der Waals surface area contributed by atoms with Crippen molar-refractivity contribution in [3.05, 3.63) is 28.2 Å². The minimum Gasteiger partial charge on any atom is -0.342 e. The van der Waals surface area contributed by atoms with Crippen LogP contribution in [0.5, 0.6) is 0 Å². The molecule has 1 aliphatic rings. The van der Waals surface area contributed by atoms with E-state index in [1.54, 1.807) is 13.8 Å². The lowest BCUT2D eigenvalue weighted by molar-refractivity contribution is -0.134. The highest BCUT2D eigenvalue weighted by atomic mass is 79.9. The summed E-state index contributed by atoms with van der Waals surface area (Å²) < 4.78 is 27.8. The van der Waals surface area contributed by atoms with Crippen molar-refractivity contribution in [2.75, 3.05) is 4.90 Å². The van der Waals surface area contributed by atoms with Crippen molar-refractivity contribution >= 4 is 33.4 Å². The average molecular weight is 361 g/mol. The van der Waals surface area contributed by atoms with Crippen molar-refractivity contribution in [1.82, 2.24) is 5.32 Å². The van der Waals surface area contributed by atoms with E-state index in [2.05, 4.69) is 21.2 Å². The summed E-state index contributed by atoms with van der Waals surface area (Å²) >= 11 is 2.89. The molecule has 0 aromatic heterocycles. The molecule has 1 saturated heterocycles. The number of hydrogen-bond acceptors (Lipinski definition) is 2. The zero-order valence-corrected chi connectivity index (χ0v) is 13.2. The summed E-state index contributed by atoms with van der Waals surface area (Å²) in [5.74, 6) is -2.22. The molecule has 21 heavy (non-hydrogen) atoms. The van der Waals surface area contributed by atoms with Crippen LogP contribution in [0.3, 0.4) is 0 Å². The molecule has 2 atom stereocenters. The van der Waals surface area contributed by atoms with E-state index in [0.29, 0.717) is 12.8 Å². The summed E-state index contributed by atoms with van der Waals surface area (Å²) in [7, 11) is 0. The van der Waals surface area contributed by atoms with Gasteiger partial charge in [0.1, 0.15) is 23.7 Å². The topological polar surface area (TPSA) is 49.4 Å². The molecule has 2 amide bonds. The van der Waals surface area contributed by atoms with Gasteiger partial charge in [0.05, 0.1) is 10.2 Å². The van der Waals surface area contributed by atoms with Crippen molar-refractivity contribution < 1.29 is 18.4 Å². The fraction of sp³-hybridized carbons (Fsp3) is 0.429. The van der Waals surface area contributed by atoms with Crippen LogP contribution in [0.4, 0.5) is 14.5 Å². The van der Waals surface area contributed by atoms with Crippen LogP contribution in [0.25, 0.3) is 0 Å². The fourth-order valence-corrected chi connectivity index (χ4v) is 2.71. The first kappa shape index (κ1) is 15.9. The van der Waals surface area contributed by atoms with Gasteiger partial charge in [-0.15, -0.1) is 0 Å². The molecule has 1 heterocycles. The summed E-state index contributed by atoms with van der Waals surface area (Å²) in [5.41, 5.74) is -0.208. The van der Waals surface area contributed by atoms with E-state index in [-0.39, 0.29) is 16.1 Å². The Hall–Kier alpha value is -1.50. The molecule has 7 heteroatoms. The van der Waals surface area contributed by atoms with Crippen LogP contribution in [0.2, 0.25) is 0 Å². The van der Waals surface area contributed by atoms with E-state index in [0.717, 1.165) is 17.0 Å². The zero-order valence-electron chi connectivity index (χ0n) is 11.6. The third kappa shape index (κ3) is 2.79. The lowest BCUT2D eigenvalue weighted by Crippen LogP contribution is -2.63. The highest BCUT2D eigenvalue weighted by molar-refractivity contribution is 9.10. The van der Waals surface area contributed by atoms with Gasteiger partial charge in [-0.05, 0) is 34.8 Å². The first-order valence-corrected chi connectivity index (χ1v) is 7.48. The van der Waals surface area contributed by atoms with Crippen LogP contribution in [0.15, 0.2) is 16.6 Å². The maximum absolute atomic E-state index is 14.1. The number of carbonyl (C=O) groups is 2. The number of amides is 2. The van der Waals surface area contributed by atoms with E-state index in [1.807, 2.05) is 0 Å². The Morgan fingerprint density at radius 3 is 2.43 bits per heavy atom. The molecule has 2 unspecified atom stereocenters. The second-order valence-electron chi connectivity index (χ2n) is 4.82. The molecular formula is C14H15BrF2N2O2. The van der Waals surface area contributed by atoms with E-state index in [4.69, 9.17) is 0 Å². The van der Waals surface area contributed by atoms with Gasteiger partial charge in [-0.3, -0.25) is 14.5 Å². The standard InChI is InChI=1S/C14H15BrF2N2O2/c1-3-10-14(21)19(11(4-2)13(20)18-10)12-6-8(16)7(15)5-9(12)17/h5-6,10-11H,3-4H2,1-2H3,(H,18,20). The van der Waals surface area contributed by atoms with Gasteiger partial charge < -0.3 is 5.32 Å². The Morgan fingerprint density at radius 2 is 1.86 bits per heavy atom. The number of rotatable bonds is 3. The van der Waals surface area contributed by atoms with Gasteiger partial charge in [0.25, 0.3) is 0 Å². The molecule has 1 aliphatic heterocycles. The number of benzene rings is 1. The van der Waals surface area contributed by atoms with Crippen LogP contribution < -0.4 is 10.2 Å². The smallest absolute Gasteiger partial charge is 0.250 e. The highest BCUT2D eigenvalue weighted by Gasteiger charge is 2.40. The molecule has 0 bridgehead atoms. The average Bonchev–Trinajstić information content (AvgIpc) is 2.44. The van der Waals surface area contributed by atoms with E-state index >= 15 is 0 Å². The molecule has 4 nitrogen and oxygen atoms in total. The maximum atomic E-state index is 14.1. The lowest BCUT2D eigenvalue weighted by Gasteiger charge is -2.38. The molecule has 1 aromatic rings. The number of halogens is 3. The Balaban J connectivity index is 2.53. The van der Waals surface area contributed by atoms with Crippen molar-refractivity contribution in [3.63, 3.8) is 0 Å². The number of hydrogen-bond donors (Lipinski definition) is 1. The van der Waals surface area contributed by atoms with Gasteiger partial charge in [-0.25, -0.2) is 8.78 Å². The zero-order chi connectivity index (χ0) is 15.7. The normalized spacial score (nSPS) is 22.4. The molecule has 0 spiro atoms. The van der Waals surface area contributed by atoms with Crippen LogP contribution in [0.1, 0.15) is 26.7 Å². The highest BCUT2D eigenvalue weighted by Crippen LogP contribution is 2.30. The molecule has 0 saturated carbocycles. The second kappa shape index (κ2) is 6.09. The molecule has 0 radical (unpaired) electrons. The van der Waals surface area contributed by atoms with Gasteiger partial charge in [0.2, 0.25) is 11.8 Å². The Kier molecular flexibility index (Phi) is 4.61. The molecule has 2 rings (SSSR count). The van der Waals surface area contributed by atoms with Gasteiger partial charge in [0, 0.05) is 6.07 Å². The molecule has 0 aliphatic carbocycles. The molecule has 1 aromatic carbocycles. The number of nitrogens with zero attached hydrogens (tertiary/aromatic N) is 1. The van der Waals surface area contributed by atoms with Crippen LogP contribution in [0, 0.1) is 11.6 Å². The summed E-state index contributed by atoms with van der Waals surface area (Å²) in [4.78, 5) is 25.6. The predicted molar refractivity (Wildman–Crippen MR) is 77.8 cm³/mol. The van der Waals surface area contributed by atoms with Gasteiger partial charge in [-0.1, -0.05) is 13.8 Å². The summed E-state index contributed by atoms with van der Waals surface area (Å²) in [6.07, 6.45) is 0.698. The third-order valence-electron chi connectivity index (χ3n) is 3.51. The summed E-state index contributed by atoms with van der Waals surface area (Å²) in [5, 5.41) is 2.61. The number of nitrogens with one attached hydrogen (secondary N) is 1. The monoisotopic (exact) mass is 360 g/mol. The number of anilines is 1. The third-order valence-corrected chi connectivity index (χ3v) is 4.12. The number of carbonyl (C=O) groups excluding carboxylic acids is 2. The minimum absolute atomic E-state index is 0.0299. The van der Waals surface area contributed by atoms with Gasteiger partial charge in [-0.2, -0.15) is 0 Å². The fourth-order valence-electron chi connectivity index (χ4n) is 2.40. The first-order chi connectivity index (χ1) is 9.90.